The van der Waals surface area contributed by atoms with Crippen molar-refractivity contribution in [2.45, 2.75) is 46.5 Å². The smallest absolute Gasteiger partial charge is 0.336 e. The molecule has 3 rings (SSSR count). The molecule has 0 unspecified atom stereocenters. The molecule has 0 bridgehead atoms. The van der Waals surface area contributed by atoms with Gasteiger partial charge in [0.1, 0.15) is 5.92 Å². The Hall–Kier alpha value is -2.89. The van der Waals surface area contributed by atoms with Gasteiger partial charge in [0.25, 0.3) is 0 Å². The largest absolute Gasteiger partial charge is 0.468 e. The normalized spacial score (nSPS) is 23.6. The van der Waals surface area contributed by atoms with Gasteiger partial charge in [-0.15, -0.1) is 0 Å². The predicted octanol–water partition coefficient (Wildman–Crippen LogP) is 3.56. The summed E-state index contributed by atoms with van der Waals surface area (Å²) in [5.41, 5.74) is 4.16. The molecule has 30 heavy (non-hydrogen) atoms. The molecule has 0 fully saturated rings. The van der Waals surface area contributed by atoms with Gasteiger partial charge in [-0.25, -0.2) is 4.79 Å². The van der Waals surface area contributed by atoms with Crippen LogP contribution in [0.2, 0.25) is 0 Å². The van der Waals surface area contributed by atoms with E-state index in [0.717, 1.165) is 16.8 Å². The number of aryl methyl sites for hydroxylation is 1. The number of Topliss-reactive ketones (excluding diaryl/α,β-unsaturated/α-hetero) is 1. The highest BCUT2D eigenvalue weighted by Gasteiger charge is 2.47. The Kier molecular flexibility index (Phi) is 6.44. The van der Waals surface area contributed by atoms with E-state index in [9.17, 15) is 14.4 Å². The zero-order valence-corrected chi connectivity index (χ0v) is 18.2. The summed E-state index contributed by atoms with van der Waals surface area (Å²) in [5.74, 6) is -2.93. The van der Waals surface area contributed by atoms with Crippen molar-refractivity contribution in [2.75, 3.05) is 13.7 Å². The molecule has 0 spiro atoms. The Labute approximate surface area is 177 Å². The molecule has 1 aromatic carbocycles. The number of ketones is 1. The maximum absolute atomic E-state index is 13.6. The van der Waals surface area contributed by atoms with Crippen molar-refractivity contribution in [3.63, 3.8) is 0 Å². The van der Waals surface area contributed by atoms with E-state index in [-0.39, 0.29) is 11.7 Å². The van der Waals surface area contributed by atoms with Crippen molar-refractivity contribution in [1.82, 2.24) is 5.32 Å². The fourth-order valence-electron chi connectivity index (χ4n) is 4.45. The van der Waals surface area contributed by atoms with E-state index >= 15 is 0 Å². The molecule has 1 aliphatic heterocycles. The first-order valence-corrected chi connectivity index (χ1v) is 10.4. The van der Waals surface area contributed by atoms with Crippen LogP contribution in [0.4, 0.5) is 0 Å². The van der Waals surface area contributed by atoms with Gasteiger partial charge in [-0.1, -0.05) is 38.1 Å². The molecule has 6 heteroatoms. The summed E-state index contributed by atoms with van der Waals surface area (Å²) in [6, 6.07) is 7.69. The van der Waals surface area contributed by atoms with E-state index in [1.807, 2.05) is 52.0 Å². The number of rotatable bonds is 5. The van der Waals surface area contributed by atoms with Crippen molar-refractivity contribution in [1.29, 1.82) is 0 Å². The molecule has 160 valence electrons. The Balaban J connectivity index is 2.18. The standard InChI is InChI=1S/C24H29NO5/c1-6-11-30-24(28)19-15(4)25-17-12-14(3)18(23(27)29-5)22(26)21(17)20(19)16-10-8-7-9-13(16)2/h7-10,14,18,20,25H,6,11-12H2,1-5H3/t14-,18+,20-/m1/s1. The number of carbonyl (C=O) groups is 3. The number of benzene rings is 1. The van der Waals surface area contributed by atoms with Crippen LogP contribution in [0, 0.1) is 18.8 Å². The SMILES string of the molecule is CCCOC(=O)C1=C(C)NC2=C(C(=O)[C@@H](C(=O)OC)[C@H](C)C2)[C@@H]1c1ccccc1C. The lowest BCUT2D eigenvalue weighted by Crippen LogP contribution is -2.43. The summed E-state index contributed by atoms with van der Waals surface area (Å²) < 4.78 is 10.4. The average Bonchev–Trinajstić information content (AvgIpc) is 2.71. The highest BCUT2D eigenvalue weighted by atomic mass is 16.5. The molecule has 0 saturated carbocycles. The molecule has 0 amide bonds. The summed E-state index contributed by atoms with van der Waals surface area (Å²) >= 11 is 0. The number of hydrogen-bond acceptors (Lipinski definition) is 6. The highest BCUT2D eigenvalue weighted by Crippen LogP contribution is 2.46. The Morgan fingerprint density at radius 2 is 1.90 bits per heavy atom. The number of hydrogen-bond donors (Lipinski definition) is 1. The van der Waals surface area contributed by atoms with Gasteiger partial charge in [0.2, 0.25) is 0 Å². The first-order valence-electron chi connectivity index (χ1n) is 10.4. The molecule has 1 aliphatic carbocycles. The van der Waals surface area contributed by atoms with Gasteiger partial charge in [-0.2, -0.15) is 0 Å². The summed E-state index contributed by atoms with van der Waals surface area (Å²) in [4.78, 5) is 39.0. The first kappa shape index (κ1) is 21.8. The van der Waals surface area contributed by atoms with Crippen molar-refractivity contribution in [3.05, 3.63) is 57.9 Å². The lowest BCUT2D eigenvalue weighted by molar-refractivity contribution is -0.151. The van der Waals surface area contributed by atoms with Crippen LogP contribution in [0.15, 0.2) is 46.8 Å². The van der Waals surface area contributed by atoms with Crippen molar-refractivity contribution >= 4 is 17.7 Å². The Morgan fingerprint density at radius 1 is 1.20 bits per heavy atom. The fourth-order valence-corrected chi connectivity index (χ4v) is 4.45. The van der Waals surface area contributed by atoms with Gasteiger partial charge in [0, 0.05) is 22.9 Å². The summed E-state index contributed by atoms with van der Waals surface area (Å²) in [7, 11) is 1.29. The number of methoxy groups -OCH3 is 1. The third-order valence-electron chi connectivity index (χ3n) is 5.90. The van der Waals surface area contributed by atoms with Crippen molar-refractivity contribution < 1.29 is 23.9 Å². The zero-order chi connectivity index (χ0) is 22.0. The summed E-state index contributed by atoms with van der Waals surface area (Å²) in [6.45, 7) is 7.89. The molecule has 2 aliphatic rings. The lowest BCUT2D eigenvalue weighted by Gasteiger charge is -2.38. The van der Waals surface area contributed by atoms with Gasteiger partial charge in [-0.05, 0) is 43.7 Å². The Bertz CT molecular complexity index is 943. The van der Waals surface area contributed by atoms with E-state index in [1.165, 1.54) is 7.11 Å². The van der Waals surface area contributed by atoms with Crippen molar-refractivity contribution in [2.24, 2.45) is 11.8 Å². The van der Waals surface area contributed by atoms with Gasteiger partial charge < -0.3 is 14.8 Å². The number of esters is 2. The number of dihydropyridines is 1. The molecule has 3 atom stereocenters. The van der Waals surface area contributed by atoms with E-state index in [2.05, 4.69) is 5.32 Å². The van der Waals surface area contributed by atoms with Crippen LogP contribution < -0.4 is 5.32 Å². The first-order chi connectivity index (χ1) is 14.3. The van der Waals surface area contributed by atoms with Gasteiger partial charge >= 0.3 is 11.9 Å². The molecule has 0 radical (unpaired) electrons. The van der Waals surface area contributed by atoms with Gasteiger partial charge in [-0.3, -0.25) is 9.59 Å². The second kappa shape index (κ2) is 8.86. The Morgan fingerprint density at radius 3 is 2.53 bits per heavy atom. The molecule has 1 N–H and O–H groups in total. The molecular weight excluding hydrogens is 382 g/mol. The number of ether oxygens (including phenoxy) is 2. The van der Waals surface area contributed by atoms with E-state index in [4.69, 9.17) is 9.47 Å². The fraction of sp³-hybridized carbons (Fsp3) is 0.458. The third-order valence-corrected chi connectivity index (χ3v) is 5.90. The number of allylic oxidation sites excluding steroid dienone is 3. The lowest BCUT2D eigenvalue weighted by atomic mass is 9.68. The molecule has 6 nitrogen and oxygen atoms in total. The predicted molar refractivity (Wildman–Crippen MR) is 112 cm³/mol. The minimum atomic E-state index is -0.881. The van der Waals surface area contributed by atoms with Gasteiger partial charge in [0.05, 0.1) is 19.3 Å². The monoisotopic (exact) mass is 411 g/mol. The van der Waals surface area contributed by atoms with Gasteiger partial charge in [0.15, 0.2) is 5.78 Å². The second-order valence-corrected chi connectivity index (χ2v) is 8.03. The minimum Gasteiger partial charge on any atom is -0.468 e. The minimum absolute atomic E-state index is 0.199. The zero-order valence-electron chi connectivity index (χ0n) is 18.2. The van der Waals surface area contributed by atoms with E-state index in [0.29, 0.717) is 36.3 Å². The summed E-state index contributed by atoms with van der Waals surface area (Å²) in [5, 5.41) is 3.27. The van der Waals surface area contributed by atoms with Crippen LogP contribution in [-0.4, -0.2) is 31.4 Å². The van der Waals surface area contributed by atoms with Crippen molar-refractivity contribution in [3.8, 4) is 0 Å². The molecule has 1 heterocycles. The maximum atomic E-state index is 13.6. The molecular formula is C24H29NO5. The van der Waals surface area contributed by atoms with Crippen LogP contribution in [0.5, 0.6) is 0 Å². The van der Waals surface area contributed by atoms with Crippen LogP contribution in [0.3, 0.4) is 0 Å². The van der Waals surface area contributed by atoms with E-state index < -0.39 is 23.8 Å². The number of nitrogens with one attached hydrogen (secondary N) is 1. The quantitative estimate of drug-likeness (QED) is 0.589. The topological polar surface area (TPSA) is 81.7 Å². The van der Waals surface area contributed by atoms with Crippen LogP contribution in [0.25, 0.3) is 0 Å². The highest BCUT2D eigenvalue weighted by molar-refractivity contribution is 6.12. The summed E-state index contributed by atoms with van der Waals surface area (Å²) in [6.07, 6.45) is 1.23. The average molecular weight is 411 g/mol. The van der Waals surface area contributed by atoms with Crippen LogP contribution >= 0.6 is 0 Å². The molecule has 1 aromatic rings. The maximum Gasteiger partial charge on any atom is 0.336 e. The number of carbonyl (C=O) groups excluding carboxylic acids is 3. The third kappa shape index (κ3) is 3.78. The molecule has 0 aromatic heterocycles. The van der Waals surface area contributed by atoms with Crippen LogP contribution in [-0.2, 0) is 23.9 Å². The molecule has 0 saturated heterocycles. The van der Waals surface area contributed by atoms with E-state index in [1.54, 1.807) is 0 Å². The van der Waals surface area contributed by atoms with Crippen LogP contribution in [0.1, 0.15) is 50.7 Å². The second-order valence-electron chi connectivity index (χ2n) is 8.03.